The number of aromatic nitrogens is 5. The Labute approximate surface area is 221 Å². The molecule has 1 aromatic carbocycles. The fourth-order valence-electron chi connectivity index (χ4n) is 6.27. The van der Waals surface area contributed by atoms with E-state index in [1.54, 1.807) is 6.07 Å². The van der Waals surface area contributed by atoms with E-state index < -0.39 is 0 Å². The Hall–Kier alpha value is -3.08. The predicted octanol–water partition coefficient (Wildman–Crippen LogP) is 3.64. The van der Waals surface area contributed by atoms with Crippen LogP contribution in [0.25, 0.3) is 33.5 Å². The molecule has 9 nitrogen and oxygen atoms in total. The predicted molar refractivity (Wildman–Crippen MR) is 146 cm³/mol. The summed E-state index contributed by atoms with van der Waals surface area (Å²) in [5, 5.41) is 0.783. The third-order valence-electron chi connectivity index (χ3n) is 8.52. The number of ether oxygens (including phenoxy) is 1. The highest BCUT2D eigenvalue weighted by Crippen LogP contribution is 2.34. The summed E-state index contributed by atoms with van der Waals surface area (Å²) in [5.41, 5.74) is 2.86. The van der Waals surface area contributed by atoms with Crippen LogP contribution in [0.15, 0.2) is 24.4 Å². The lowest BCUT2D eigenvalue weighted by atomic mass is 10.00. The highest BCUT2D eigenvalue weighted by Gasteiger charge is 2.29. The maximum atomic E-state index is 15.3. The SMILES string of the molecule is CCn1c(CN2CCC(N3CCC3)CC2)nc2c(N3CCOCC3)nc(-c3c(F)ccc4[nH]ccc34)nc21. The first-order chi connectivity index (χ1) is 18.7. The molecule has 0 atom stereocenters. The molecule has 4 aromatic rings. The Morgan fingerprint density at radius 3 is 2.55 bits per heavy atom. The molecule has 0 bridgehead atoms. The minimum atomic E-state index is -0.322. The third kappa shape index (κ3) is 4.15. The maximum absolute atomic E-state index is 15.3. The molecule has 3 fully saturated rings. The Morgan fingerprint density at radius 1 is 1.00 bits per heavy atom. The van der Waals surface area contributed by atoms with Crippen molar-refractivity contribution in [2.45, 2.75) is 45.3 Å². The fourth-order valence-corrected chi connectivity index (χ4v) is 6.27. The molecular weight excluding hydrogens is 483 g/mol. The molecule has 0 saturated carbocycles. The first-order valence-corrected chi connectivity index (χ1v) is 14.0. The second-order valence-electron chi connectivity index (χ2n) is 10.7. The summed E-state index contributed by atoms with van der Waals surface area (Å²) in [6.07, 6.45) is 5.61. The quantitative estimate of drug-likeness (QED) is 0.418. The summed E-state index contributed by atoms with van der Waals surface area (Å²) >= 11 is 0. The summed E-state index contributed by atoms with van der Waals surface area (Å²) in [5.74, 6) is 1.85. The van der Waals surface area contributed by atoms with Crippen LogP contribution >= 0.6 is 0 Å². The molecule has 3 aliphatic heterocycles. The van der Waals surface area contributed by atoms with Gasteiger partial charge < -0.3 is 24.1 Å². The van der Waals surface area contributed by atoms with Crippen LogP contribution in [0.2, 0.25) is 0 Å². The van der Waals surface area contributed by atoms with Gasteiger partial charge in [-0.1, -0.05) is 0 Å². The van der Waals surface area contributed by atoms with Gasteiger partial charge in [-0.2, -0.15) is 0 Å². The second kappa shape index (κ2) is 9.91. The standard InChI is InChI=1S/C28H35FN8O/c1-2-37-23(18-34-12-7-19(8-13-34)35-10-3-11-35)31-25-27(36-14-16-38-17-15-36)32-26(33-28(25)37)24-20-6-9-30-22(20)5-4-21(24)29/h4-6,9,19,30H,2-3,7-8,10-18H2,1H3. The van der Waals surface area contributed by atoms with Gasteiger partial charge in [-0.3, -0.25) is 4.90 Å². The van der Waals surface area contributed by atoms with Crippen LogP contribution in [0.3, 0.4) is 0 Å². The summed E-state index contributed by atoms with van der Waals surface area (Å²) in [7, 11) is 0. The number of nitrogens with zero attached hydrogens (tertiary/aromatic N) is 7. The van der Waals surface area contributed by atoms with Crippen LogP contribution in [0.5, 0.6) is 0 Å². The molecule has 3 aliphatic rings. The van der Waals surface area contributed by atoms with Crippen molar-refractivity contribution in [1.82, 2.24) is 34.3 Å². The van der Waals surface area contributed by atoms with Gasteiger partial charge in [0.05, 0.1) is 25.3 Å². The van der Waals surface area contributed by atoms with E-state index in [9.17, 15) is 0 Å². The molecule has 1 N–H and O–H groups in total. The van der Waals surface area contributed by atoms with Crippen molar-refractivity contribution in [3.63, 3.8) is 0 Å². The first-order valence-electron chi connectivity index (χ1n) is 14.0. The smallest absolute Gasteiger partial charge is 0.167 e. The molecule has 3 aromatic heterocycles. The molecular formula is C28H35FN8O. The minimum Gasteiger partial charge on any atom is -0.378 e. The van der Waals surface area contributed by atoms with Crippen molar-refractivity contribution < 1.29 is 9.13 Å². The molecule has 0 unspecified atom stereocenters. The van der Waals surface area contributed by atoms with Crippen LogP contribution in [0.1, 0.15) is 32.0 Å². The molecule has 0 aliphatic carbocycles. The number of halogens is 1. The number of anilines is 1. The summed E-state index contributed by atoms with van der Waals surface area (Å²) in [6, 6.07) is 5.87. The first kappa shape index (κ1) is 24.0. The van der Waals surface area contributed by atoms with Crippen molar-refractivity contribution in [3.05, 3.63) is 36.0 Å². The highest BCUT2D eigenvalue weighted by atomic mass is 19.1. The van der Waals surface area contributed by atoms with E-state index in [1.807, 2.05) is 12.3 Å². The minimum absolute atomic E-state index is 0.322. The van der Waals surface area contributed by atoms with Gasteiger partial charge in [-0.15, -0.1) is 0 Å². The number of hydrogen-bond acceptors (Lipinski definition) is 7. The molecule has 38 heavy (non-hydrogen) atoms. The van der Waals surface area contributed by atoms with Crippen molar-refractivity contribution in [1.29, 1.82) is 0 Å². The number of H-pyrrole nitrogens is 1. The van der Waals surface area contributed by atoms with Gasteiger partial charge in [-0.05, 0) is 57.5 Å². The number of nitrogens with one attached hydrogen (secondary N) is 1. The zero-order valence-corrected chi connectivity index (χ0v) is 22.0. The second-order valence-corrected chi connectivity index (χ2v) is 10.7. The van der Waals surface area contributed by atoms with Crippen LogP contribution in [-0.4, -0.2) is 92.8 Å². The average molecular weight is 519 g/mol. The molecule has 6 heterocycles. The van der Waals surface area contributed by atoms with Gasteiger partial charge in [0.25, 0.3) is 0 Å². The lowest BCUT2D eigenvalue weighted by Gasteiger charge is -2.42. The molecule has 10 heteroatoms. The van der Waals surface area contributed by atoms with Crippen molar-refractivity contribution in [3.8, 4) is 11.4 Å². The van der Waals surface area contributed by atoms with E-state index in [1.165, 1.54) is 38.4 Å². The molecule has 0 spiro atoms. The van der Waals surface area contributed by atoms with E-state index in [-0.39, 0.29) is 5.82 Å². The Balaban J connectivity index is 1.29. The number of aryl methyl sites for hydroxylation is 1. The van der Waals surface area contributed by atoms with Crippen molar-refractivity contribution >= 4 is 27.9 Å². The van der Waals surface area contributed by atoms with Crippen molar-refractivity contribution in [2.24, 2.45) is 0 Å². The van der Waals surface area contributed by atoms with Gasteiger partial charge in [0.15, 0.2) is 22.8 Å². The summed E-state index contributed by atoms with van der Waals surface area (Å²) in [6.45, 7) is 11.1. The van der Waals surface area contributed by atoms with Crippen LogP contribution < -0.4 is 4.90 Å². The zero-order chi connectivity index (χ0) is 25.6. The van der Waals surface area contributed by atoms with E-state index in [4.69, 9.17) is 19.7 Å². The zero-order valence-electron chi connectivity index (χ0n) is 22.0. The third-order valence-corrected chi connectivity index (χ3v) is 8.52. The Bertz CT molecular complexity index is 1450. The van der Waals surface area contributed by atoms with Crippen LogP contribution in [0, 0.1) is 5.82 Å². The van der Waals surface area contributed by atoms with Crippen LogP contribution in [0.4, 0.5) is 10.2 Å². The largest absolute Gasteiger partial charge is 0.378 e. The molecule has 200 valence electrons. The number of hydrogen-bond donors (Lipinski definition) is 1. The van der Waals surface area contributed by atoms with Crippen LogP contribution in [-0.2, 0) is 17.8 Å². The van der Waals surface area contributed by atoms with E-state index in [0.29, 0.717) is 24.6 Å². The fraction of sp³-hybridized carbons (Fsp3) is 0.536. The monoisotopic (exact) mass is 518 g/mol. The normalized spacial score (nSPS) is 20.0. The Morgan fingerprint density at radius 2 is 1.82 bits per heavy atom. The number of aromatic amines is 1. The molecule has 0 radical (unpaired) electrons. The molecule has 0 amide bonds. The van der Waals surface area contributed by atoms with Gasteiger partial charge in [0.2, 0.25) is 0 Å². The lowest BCUT2D eigenvalue weighted by Crippen LogP contribution is -2.50. The average Bonchev–Trinajstić information content (AvgIpc) is 3.53. The summed E-state index contributed by atoms with van der Waals surface area (Å²) < 4.78 is 23.1. The van der Waals surface area contributed by atoms with Gasteiger partial charge in [0.1, 0.15) is 11.6 Å². The number of likely N-dealkylation sites (tertiary alicyclic amines) is 2. The van der Waals surface area contributed by atoms with Gasteiger partial charge in [-0.25, -0.2) is 19.3 Å². The van der Waals surface area contributed by atoms with Gasteiger partial charge in [0, 0.05) is 55.9 Å². The lowest BCUT2D eigenvalue weighted by molar-refractivity contribution is 0.0602. The highest BCUT2D eigenvalue weighted by molar-refractivity contribution is 5.95. The molecule has 3 saturated heterocycles. The number of benzene rings is 1. The number of rotatable bonds is 6. The topological polar surface area (TPSA) is 78.3 Å². The number of morpholine rings is 1. The van der Waals surface area contributed by atoms with E-state index in [0.717, 1.165) is 79.0 Å². The summed E-state index contributed by atoms with van der Waals surface area (Å²) in [4.78, 5) is 25.7. The van der Waals surface area contributed by atoms with E-state index >= 15 is 4.39 Å². The van der Waals surface area contributed by atoms with E-state index in [2.05, 4.69) is 31.2 Å². The number of piperidine rings is 1. The number of fused-ring (bicyclic) bond motifs is 2. The van der Waals surface area contributed by atoms with Gasteiger partial charge >= 0.3 is 0 Å². The molecule has 7 rings (SSSR count). The number of imidazole rings is 1. The Kier molecular flexibility index (Phi) is 6.25. The van der Waals surface area contributed by atoms with Crippen molar-refractivity contribution in [2.75, 3.05) is 57.4 Å². The maximum Gasteiger partial charge on any atom is 0.167 e.